The Hall–Kier alpha value is -1.90. The van der Waals surface area contributed by atoms with Crippen LogP contribution in [0, 0.1) is 0 Å². The molecular weight excluding hydrogens is 544 g/mol. The molecule has 1 aromatic heterocycles. The van der Waals surface area contributed by atoms with Gasteiger partial charge in [0.25, 0.3) is 0 Å². The van der Waals surface area contributed by atoms with Crippen LogP contribution in [0.4, 0.5) is 0 Å². The topological polar surface area (TPSA) is 63.8 Å². The van der Waals surface area contributed by atoms with Crippen molar-refractivity contribution in [3.8, 4) is 5.75 Å². The fourth-order valence-electron chi connectivity index (χ4n) is 2.16. The van der Waals surface area contributed by atoms with Crippen LogP contribution in [0.25, 0.3) is 0 Å². The second-order valence-electron chi connectivity index (χ2n) is 5.41. The van der Waals surface area contributed by atoms with Gasteiger partial charge in [-0.05, 0) is 79.4 Å². The number of nitrogens with zero attached hydrogens (tertiary/aromatic N) is 1. The van der Waals surface area contributed by atoms with Gasteiger partial charge in [0.05, 0.1) is 21.4 Å². The molecule has 0 aliphatic heterocycles. The monoisotopic (exact) mass is 554 g/mol. The van der Waals surface area contributed by atoms with E-state index in [1.807, 2.05) is 36.4 Å². The summed E-state index contributed by atoms with van der Waals surface area (Å²) >= 11 is 10.4. The van der Waals surface area contributed by atoms with Crippen molar-refractivity contribution in [1.29, 1.82) is 0 Å². The molecule has 0 saturated carbocycles. The number of hydrogen-bond acceptors (Lipinski definition) is 4. The predicted molar refractivity (Wildman–Crippen MR) is 114 cm³/mol. The molecule has 138 valence electrons. The second kappa shape index (κ2) is 9.34. The van der Waals surface area contributed by atoms with E-state index in [-0.39, 0.29) is 5.76 Å². The summed E-state index contributed by atoms with van der Waals surface area (Å²) in [6.07, 6.45) is 2.97. The number of amides is 1. The highest BCUT2D eigenvalue weighted by Gasteiger charge is 2.10. The summed E-state index contributed by atoms with van der Waals surface area (Å²) in [6, 6.07) is 14.8. The molecule has 0 bridgehead atoms. The van der Waals surface area contributed by atoms with Gasteiger partial charge in [0.15, 0.2) is 5.76 Å². The Morgan fingerprint density at radius 1 is 1.11 bits per heavy atom. The minimum absolute atomic E-state index is 0.200. The van der Waals surface area contributed by atoms with Crippen LogP contribution in [0.2, 0.25) is 0 Å². The maximum Gasteiger partial charge on any atom is 0.307 e. The van der Waals surface area contributed by atoms with E-state index in [9.17, 15) is 4.79 Å². The van der Waals surface area contributed by atoms with Gasteiger partial charge in [-0.2, -0.15) is 5.10 Å². The molecule has 1 amide bonds. The number of nitrogens with one attached hydrogen (secondary N) is 1. The Labute approximate surface area is 181 Å². The number of rotatable bonds is 6. The lowest BCUT2D eigenvalue weighted by molar-refractivity contribution is 0.0927. The van der Waals surface area contributed by atoms with Crippen molar-refractivity contribution in [3.63, 3.8) is 0 Å². The molecule has 0 spiro atoms. The van der Waals surface area contributed by atoms with E-state index in [1.165, 1.54) is 12.5 Å². The number of ether oxygens (including phenoxy) is 1. The minimum Gasteiger partial charge on any atom is -0.487 e. The van der Waals surface area contributed by atoms with Crippen molar-refractivity contribution < 1.29 is 13.9 Å². The van der Waals surface area contributed by atoms with Crippen molar-refractivity contribution >= 4 is 59.9 Å². The van der Waals surface area contributed by atoms with Crippen LogP contribution < -0.4 is 10.2 Å². The van der Waals surface area contributed by atoms with Crippen molar-refractivity contribution in [1.82, 2.24) is 5.43 Å². The van der Waals surface area contributed by atoms with Crippen LogP contribution in [0.15, 0.2) is 77.7 Å². The molecule has 3 aromatic rings. The summed E-state index contributed by atoms with van der Waals surface area (Å²) < 4.78 is 13.5. The summed E-state index contributed by atoms with van der Waals surface area (Å²) in [5, 5.41) is 3.94. The van der Waals surface area contributed by atoms with Crippen molar-refractivity contribution in [2.75, 3.05) is 0 Å². The highest BCUT2D eigenvalue weighted by atomic mass is 79.9. The van der Waals surface area contributed by atoms with Gasteiger partial charge in [-0.1, -0.05) is 28.1 Å². The number of benzene rings is 2. The third-order valence-corrected chi connectivity index (χ3v) is 5.15. The first kappa shape index (κ1) is 19.9. The van der Waals surface area contributed by atoms with Gasteiger partial charge in [0.2, 0.25) is 0 Å². The molecule has 0 atom stereocenters. The van der Waals surface area contributed by atoms with Gasteiger partial charge in [-0.25, -0.2) is 5.43 Å². The first-order valence-corrected chi connectivity index (χ1v) is 10.1. The van der Waals surface area contributed by atoms with E-state index in [1.54, 1.807) is 12.1 Å². The summed E-state index contributed by atoms with van der Waals surface area (Å²) in [5.74, 6) is 0.477. The number of furan rings is 1. The quantitative estimate of drug-likeness (QED) is 0.303. The normalized spacial score (nSPS) is 10.9. The fourth-order valence-corrected chi connectivity index (χ4v) is 3.87. The molecule has 0 aliphatic carbocycles. The Kier molecular flexibility index (Phi) is 6.87. The Morgan fingerprint density at radius 3 is 2.44 bits per heavy atom. The molecule has 0 saturated heterocycles. The number of hydrogen-bond donors (Lipinski definition) is 1. The van der Waals surface area contributed by atoms with Gasteiger partial charge in [0.1, 0.15) is 12.4 Å². The molecule has 0 aliphatic rings. The Morgan fingerprint density at radius 2 is 1.81 bits per heavy atom. The zero-order valence-electron chi connectivity index (χ0n) is 13.8. The Balaban J connectivity index is 1.64. The van der Waals surface area contributed by atoms with Crippen LogP contribution in [0.1, 0.15) is 21.7 Å². The lowest BCUT2D eigenvalue weighted by atomic mass is 10.2. The van der Waals surface area contributed by atoms with E-state index < -0.39 is 5.91 Å². The Bertz CT molecular complexity index is 932. The first-order chi connectivity index (χ1) is 13.0. The summed E-state index contributed by atoms with van der Waals surface area (Å²) in [5.41, 5.74) is 4.25. The van der Waals surface area contributed by atoms with Gasteiger partial charge in [0, 0.05) is 4.47 Å². The predicted octanol–water partition coefficient (Wildman–Crippen LogP) is 5.91. The van der Waals surface area contributed by atoms with E-state index in [0.29, 0.717) is 12.4 Å². The zero-order valence-corrected chi connectivity index (χ0v) is 18.5. The average molecular weight is 557 g/mol. The standard InChI is InChI=1S/C19H13Br3N2O3/c20-14-5-3-12(4-6-14)11-27-18-15(21)8-13(9-16(18)22)10-23-24-19(25)17-2-1-7-26-17/h1-10H,11H2,(H,24,25)/b23-10-. The molecule has 5 nitrogen and oxygen atoms in total. The molecule has 1 N–H and O–H groups in total. The minimum atomic E-state index is -0.413. The highest BCUT2D eigenvalue weighted by molar-refractivity contribution is 9.11. The smallest absolute Gasteiger partial charge is 0.307 e. The number of hydrazone groups is 1. The zero-order chi connectivity index (χ0) is 19.2. The molecule has 1 heterocycles. The summed E-state index contributed by atoms with van der Waals surface area (Å²) in [4.78, 5) is 11.8. The van der Waals surface area contributed by atoms with Crippen molar-refractivity contribution in [2.45, 2.75) is 6.61 Å². The van der Waals surface area contributed by atoms with Gasteiger partial charge < -0.3 is 9.15 Å². The van der Waals surface area contributed by atoms with E-state index >= 15 is 0 Å². The second-order valence-corrected chi connectivity index (χ2v) is 8.03. The van der Waals surface area contributed by atoms with Crippen LogP contribution in [0.3, 0.4) is 0 Å². The number of carbonyl (C=O) groups excluding carboxylic acids is 1. The molecule has 3 rings (SSSR count). The highest BCUT2D eigenvalue weighted by Crippen LogP contribution is 2.35. The van der Waals surface area contributed by atoms with Crippen LogP contribution in [0.5, 0.6) is 5.75 Å². The molecule has 0 radical (unpaired) electrons. The third-order valence-electron chi connectivity index (χ3n) is 3.44. The summed E-state index contributed by atoms with van der Waals surface area (Å²) in [6.45, 7) is 0.442. The van der Waals surface area contributed by atoms with Crippen molar-refractivity contribution in [3.05, 3.63) is 85.1 Å². The largest absolute Gasteiger partial charge is 0.487 e. The molecule has 27 heavy (non-hydrogen) atoms. The van der Waals surface area contributed by atoms with Crippen LogP contribution >= 0.6 is 47.8 Å². The first-order valence-electron chi connectivity index (χ1n) is 7.76. The van der Waals surface area contributed by atoms with E-state index in [4.69, 9.17) is 9.15 Å². The van der Waals surface area contributed by atoms with Crippen LogP contribution in [-0.4, -0.2) is 12.1 Å². The van der Waals surface area contributed by atoms with Crippen LogP contribution in [-0.2, 0) is 6.61 Å². The molecule has 8 heteroatoms. The molecular formula is C19H13Br3N2O3. The van der Waals surface area contributed by atoms with Crippen molar-refractivity contribution in [2.24, 2.45) is 5.10 Å². The fraction of sp³-hybridized carbons (Fsp3) is 0.0526. The molecule has 0 unspecified atom stereocenters. The maximum atomic E-state index is 11.8. The third kappa shape index (κ3) is 5.54. The van der Waals surface area contributed by atoms with E-state index in [0.717, 1.165) is 24.5 Å². The number of halogens is 3. The van der Waals surface area contributed by atoms with Gasteiger partial charge in [-0.15, -0.1) is 0 Å². The lowest BCUT2D eigenvalue weighted by Gasteiger charge is -2.11. The van der Waals surface area contributed by atoms with Gasteiger partial charge >= 0.3 is 5.91 Å². The summed E-state index contributed by atoms with van der Waals surface area (Å²) in [7, 11) is 0. The molecule has 0 fully saturated rings. The van der Waals surface area contributed by atoms with Gasteiger partial charge in [-0.3, -0.25) is 4.79 Å². The van der Waals surface area contributed by atoms with E-state index in [2.05, 4.69) is 58.3 Å². The molecule has 2 aromatic carbocycles. The lowest BCUT2D eigenvalue weighted by Crippen LogP contribution is -2.16. The average Bonchev–Trinajstić information content (AvgIpc) is 3.17. The SMILES string of the molecule is O=C(N/N=C\c1cc(Br)c(OCc2ccc(Br)cc2)c(Br)c1)c1ccco1. The maximum absolute atomic E-state index is 11.8. The number of carbonyl (C=O) groups is 1.